The van der Waals surface area contributed by atoms with Gasteiger partial charge < -0.3 is 4.90 Å². The maximum Gasteiger partial charge on any atom is 0.254 e. The monoisotopic (exact) mass is 379 g/mol. The first kappa shape index (κ1) is 19.2. The Kier molecular flexibility index (Phi) is 6.19. The van der Waals surface area contributed by atoms with Crippen molar-refractivity contribution in [2.45, 2.75) is 45.1 Å². The van der Waals surface area contributed by atoms with E-state index in [2.05, 4.69) is 9.62 Å². The van der Waals surface area contributed by atoms with Gasteiger partial charge in [0.2, 0.25) is 10.0 Å². The van der Waals surface area contributed by atoms with Crippen LogP contribution in [0, 0.1) is 0 Å². The van der Waals surface area contributed by atoms with Gasteiger partial charge in [-0.25, -0.2) is 8.42 Å². The molecule has 0 radical (unpaired) electrons. The van der Waals surface area contributed by atoms with Crippen molar-refractivity contribution in [1.82, 2.24) is 9.80 Å². The highest BCUT2D eigenvalue weighted by Gasteiger charge is 2.28. The topological polar surface area (TPSA) is 69.7 Å². The average molecular weight is 380 g/mol. The Morgan fingerprint density at radius 3 is 2.50 bits per heavy atom. The normalized spacial score (nSPS) is 19.7. The van der Waals surface area contributed by atoms with Crippen molar-refractivity contribution in [3.63, 3.8) is 0 Å². The molecule has 0 atom stereocenters. The Morgan fingerprint density at radius 2 is 1.85 bits per heavy atom. The van der Waals surface area contributed by atoms with Gasteiger partial charge in [-0.05, 0) is 37.5 Å². The quantitative estimate of drug-likeness (QED) is 0.825. The number of benzene rings is 1. The molecule has 0 spiro atoms. The van der Waals surface area contributed by atoms with Gasteiger partial charge in [0.1, 0.15) is 0 Å². The second-order valence-corrected chi connectivity index (χ2v) is 9.11. The molecule has 0 bridgehead atoms. The summed E-state index contributed by atoms with van der Waals surface area (Å²) in [7, 11) is -3.35. The van der Waals surface area contributed by atoms with Crippen LogP contribution in [0.5, 0.6) is 0 Å². The Morgan fingerprint density at radius 1 is 1.15 bits per heavy atom. The molecule has 1 aliphatic heterocycles. The third kappa shape index (κ3) is 4.76. The van der Waals surface area contributed by atoms with Crippen molar-refractivity contribution >= 4 is 21.6 Å². The smallest absolute Gasteiger partial charge is 0.254 e. The van der Waals surface area contributed by atoms with Crippen LogP contribution in [-0.4, -0.2) is 62.1 Å². The van der Waals surface area contributed by atoms with Crippen molar-refractivity contribution in [3.05, 3.63) is 29.8 Å². The van der Waals surface area contributed by atoms with E-state index in [0.29, 0.717) is 23.7 Å². The van der Waals surface area contributed by atoms with E-state index in [-0.39, 0.29) is 11.7 Å². The van der Waals surface area contributed by atoms with Gasteiger partial charge in [-0.3, -0.25) is 14.4 Å². The van der Waals surface area contributed by atoms with E-state index in [4.69, 9.17) is 0 Å². The lowest BCUT2D eigenvalue weighted by Gasteiger charge is -2.38. The number of nitrogens with zero attached hydrogens (tertiary/aromatic N) is 2. The molecule has 1 aromatic rings. The lowest BCUT2D eigenvalue weighted by atomic mass is 10.1. The highest BCUT2D eigenvalue weighted by atomic mass is 32.2. The maximum atomic E-state index is 12.8. The van der Waals surface area contributed by atoms with E-state index in [1.807, 2.05) is 11.8 Å². The van der Waals surface area contributed by atoms with E-state index in [9.17, 15) is 13.2 Å². The van der Waals surface area contributed by atoms with Crippen molar-refractivity contribution in [1.29, 1.82) is 0 Å². The molecule has 26 heavy (non-hydrogen) atoms. The highest BCUT2D eigenvalue weighted by Crippen LogP contribution is 2.24. The van der Waals surface area contributed by atoms with Crippen LogP contribution in [0.3, 0.4) is 0 Å². The van der Waals surface area contributed by atoms with Crippen LogP contribution in [0.4, 0.5) is 5.69 Å². The van der Waals surface area contributed by atoms with Gasteiger partial charge >= 0.3 is 0 Å². The fraction of sp³-hybridized carbons (Fsp3) is 0.632. The molecule has 0 unspecified atom stereocenters. The molecule has 1 N–H and O–H groups in total. The third-order valence-corrected chi connectivity index (χ3v) is 6.79. The first-order valence-electron chi connectivity index (χ1n) is 9.62. The zero-order valence-electron chi connectivity index (χ0n) is 15.5. The lowest BCUT2D eigenvalue weighted by molar-refractivity contribution is 0.0573. The summed E-state index contributed by atoms with van der Waals surface area (Å²) in [6.07, 6.45) is 5.77. The largest absolute Gasteiger partial charge is 0.336 e. The first-order valence-corrected chi connectivity index (χ1v) is 11.3. The van der Waals surface area contributed by atoms with Gasteiger partial charge in [0.15, 0.2) is 0 Å². The number of hydrogen-bond acceptors (Lipinski definition) is 4. The zero-order valence-corrected chi connectivity index (χ0v) is 16.3. The number of amides is 1. The van der Waals surface area contributed by atoms with Crippen molar-refractivity contribution in [3.8, 4) is 0 Å². The third-order valence-electron chi connectivity index (χ3n) is 5.30. The van der Waals surface area contributed by atoms with Crippen LogP contribution in [-0.2, 0) is 10.0 Å². The Labute approximate surface area is 156 Å². The number of piperazine rings is 1. The molecule has 7 heteroatoms. The van der Waals surface area contributed by atoms with E-state index >= 15 is 0 Å². The van der Waals surface area contributed by atoms with Crippen LogP contribution >= 0.6 is 0 Å². The maximum absolute atomic E-state index is 12.8. The Balaban J connectivity index is 1.60. The predicted octanol–water partition coefficient (Wildman–Crippen LogP) is 2.54. The number of carbonyl (C=O) groups excluding carboxylic acids is 1. The van der Waals surface area contributed by atoms with Gasteiger partial charge in [0, 0.05) is 43.5 Å². The fourth-order valence-electron chi connectivity index (χ4n) is 3.96. The second-order valence-electron chi connectivity index (χ2n) is 7.27. The number of anilines is 1. The van der Waals surface area contributed by atoms with E-state index in [1.165, 1.54) is 25.7 Å². The highest BCUT2D eigenvalue weighted by molar-refractivity contribution is 7.92. The minimum Gasteiger partial charge on any atom is -0.336 e. The Bertz CT molecular complexity index is 721. The molecule has 2 fully saturated rings. The van der Waals surface area contributed by atoms with Gasteiger partial charge in [-0.15, -0.1) is 0 Å². The van der Waals surface area contributed by atoms with Crippen molar-refractivity contribution in [2.75, 3.05) is 36.7 Å². The predicted molar refractivity (Wildman–Crippen MR) is 104 cm³/mol. The minimum atomic E-state index is -3.35. The fourth-order valence-corrected chi connectivity index (χ4v) is 5.08. The number of rotatable bonds is 6. The molecule has 1 amide bonds. The standard InChI is InChI=1S/C19H29N3O3S/c1-2-14-26(24,25)20-17-7-5-6-16(15-17)19(23)22-12-10-21(11-13-22)18-8-3-4-9-18/h5-7,15,18,20H,2-4,8-14H2,1H3. The molecule has 2 aliphatic rings. The average Bonchev–Trinajstić information content (AvgIpc) is 3.15. The van der Waals surface area contributed by atoms with E-state index in [1.54, 1.807) is 24.3 Å². The molecule has 1 aromatic carbocycles. The van der Waals surface area contributed by atoms with Crippen LogP contribution in [0.2, 0.25) is 0 Å². The molecule has 1 saturated heterocycles. The van der Waals surface area contributed by atoms with Gasteiger partial charge in [0.25, 0.3) is 5.91 Å². The Hall–Kier alpha value is -1.60. The molecular formula is C19H29N3O3S. The van der Waals surface area contributed by atoms with Gasteiger partial charge in [0.05, 0.1) is 5.75 Å². The summed E-state index contributed by atoms with van der Waals surface area (Å²) < 4.78 is 26.4. The van der Waals surface area contributed by atoms with Crippen LogP contribution < -0.4 is 4.72 Å². The van der Waals surface area contributed by atoms with Crippen LogP contribution in [0.1, 0.15) is 49.4 Å². The molecule has 1 aliphatic carbocycles. The number of hydrogen-bond donors (Lipinski definition) is 1. The lowest BCUT2D eigenvalue weighted by Crippen LogP contribution is -2.51. The van der Waals surface area contributed by atoms with Crippen molar-refractivity contribution in [2.24, 2.45) is 0 Å². The summed E-state index contributed by atoms with van der Waals surface area (Å²) in [6, 6.07) is 7.50. The molecule has 144 valence electrons. The molecule has 3 rings (SSSR count). The summed E-state index contributed by atoms with van der Waals surface area (Å²) in [5.74, 6) is 0.0569. The summed E-state index contributed by atoms with van der Waals surface area (Å²) in [6.45, 7) is 5.16. The SMILES string of the molecule is CCCS(=O)(=O)Nc1cccc(C(=O)N2CCN(C3CCCC3)CC2)c1. The second kappa shape index (κ2) is 8.39. The summed E-state index contributed by atoms with van der Waals surface area (Å²) in [5.41, 5.74) is 0.991. The molecule has 1 heterocycles. The van der Waals surface area contributed by atoms with Gasteiger partial charge in [-0.2, -0.15) is 0 Å². The molecule has 0 aromatic heterocycles. The molecular weight excluding hydrogens is 350 g/mol. The number of sulfonamides is 1. The number of carbonyl (C=O) groups is 1. The summed E-state index contributed by atoms with van der Waals surface area (Å²) >= 11 is 0. The first-order chi connectivity index (χ1) is 12.5. The minimum absolute atomic E-state index is 0.0207. The van der Waals surface area contributed by atoms with E-state index < -0.39 is 10.0 Å². The van der Waals surface area contributed by atoms with Crippen LogP contribution in [0.25, 0.3) is 0 Å². The molecule has 6 nitrogen and oxygen atoms in total. The van der Waals surface area contributed by atoms with Gasteiger partial charge in [-0.1, -0.05) is 25.8 Å². The zero-order chi connectivity index (χ0) is 18.6. The van der Waals surface area contributed by atoms with Crippen molar-refractivity contribution < 1.29 is 13.2 Å². The van der Waals surface area contributed by atoms with E-state index in [0.717, 1.165) is 26.2 Å². The summed E-state index contributed by atoms with van der Waals surface area (Å²) in [4.78, 5) is 17.2. The summed E-state index contributed by atoms with van der Waals surface area (Å²) in [5, 5.41) is 0. The van der Waals surface area contributed by atoms with Crippen LogP contribution in [0.15, 0.2) is 24.3 Å². The molecule has 1 saturated carbocycles. The number of nitrogens with one attached hydrogen (secondary N) is 1.